The molecule has 1 aromatic rings. The second-order valence-electron chi connectivity index (χ2n) is 3.31. The molecule has 5 heteroatoms. The first-order valence-electron chi connectivity index (χ1n) is 4.58. The summed E-state index contributed by atoms with van der Waals surface area (Å²) in [7, 11) is 0. The van der Waals surface area contributed by atoms with Crippen LogP contribution in [0.25, 0.3) is 0 Å². The summed E-state index contributed by atoms with van der Waals surface area (Å²) < 4.78 is 30.8. The third-order valence-electron chi connectivity index (χ3n) is 2.21. The fourth-order valence-electron chi connectivity index (χ4n) is 1.47. The van der Waals surface area contributed by atoms with E-state index in [0.29, 0.717) is 5.75 Å². The van der Waals surface area contributed by atoms with Gasteiger partial charge in [-0.3, -0.25) is 0 Å². The number of rotatable bonds is 2. The molecule has 2 rings (SSSR count). The lowest BCUT2D eigenvalue weighted by Crippen LogP contribution is -2.19. The van der Waals surface area contributed by atoms with Crippen LogP contribution >= 0.6 is 12.4 Å². The van der Waals surface area contributed by atoms with E-state index in [-0.39, 0.29) is 18.5 Å². The van der Waals surface area contributed by atoms with Gasteiger partial charge in [-0.1, -0.05) is 0 Å². The Morgan fingerprint density at radius 3 is 2.67 bits per heavy atom. The number of hydrogen-bond donors (Lipinski definition) is 1. The molecule has 0 spiro atoms. The molecule has 1 N–H and O–H groups in total. The maximum Gasteiger partial charge on any atom is 0.162 e. The van der Waals surface area contributed by atoms with Crippen molar-refractivity contribution in [3.05, 3.63) is 29.8 Å². The van der Waals surface area contributed by atoms with E-state index < -0.39 is 11.6 Å². The molecule has 1 fully saturated rings. The minimum Gasteiger partial charge on any atom is -0.489 e. The molecule has 84 valence electrons. The molecular weight excluding hydrogens is 224 g/mol. The van der Waals surface area contributed by atoms with Gasteiger partial charge >= 0.3 is 0 Å². The Morgan fingerprint density at radius 2 is 2.07 bits per heavy atom. The van der Waals surface area contributed by atoms with E-state index >= 15 is 0 Å². The zero-order valence-electron chi connectivity index (χ0n) is 8.00. The number of hydrogen-bond acceptors (Lipinski definition) is 2. The first kappa shape index (κ1) is 12.2. The van der Waals surface area contributed by atoms with Crippen LogP contribution in [-0.4, -0.2) is 19.2 Å². The normalized spacial score (nSPS) is 19.7. The average Bonchev–Trinajstić information content (AvgIpc) is 2.64. The summed E-state index contributed by atoms with van der Waals surface area (Å²) in [5, 5.41) is 3.13. The molecular formula is C10H12ClF2NO. The van der Waals surface area contributed by atoms with Crippen molar-refractivity contribution >= 4 is 12.4 Å². The number of benzene rings is 1. The molecule has 15 heavy (non-hydrogen) atoms. The highest BCUT2D eigenvalue weighted by Gasteiger charge is 2.16. The molecule has 0 unspecified atom stereocenters. The SMILES string of the molecule is Cl.Fc1ccc(O[C@H]2CCNC2)cc1F. The topological polar surface area (TPSA) is 21.3 Å². The van der Waals surface area contributed by atoms with Crippen LogP contribution in [0.3, 0.4) is 0 Å². The molecule has 1 heterocycles. The minimum absolute atomic E-state index is 0. The number of halogens is 3. The van der Waals surface area contributed by atoms with Gasteiger partial charge in [0, 0.05) is 12.6 Å². The summed E-state index contributed by atoms with van der Waals surface area (Å²) in [5.74, 6) is -1.33. The predicted molar refractivity (Wildman–Crippen MR) is 55.5 cm³/mol. The monoisotopic (exact) mass is 235 g/mol. The van der Waals surface area contributed by atoms with Crippen LogP contribution < -0.4 is 10.1 Å². The summed E-state index contributed by atoms with van der Waals surface area (Å²) in [6.45, 7) is 1.67. The van der Waals surface area contributed by atoms with E-state index in [1.54, 1.807) is 0 Å². The summed E-state index contributed by atoms with van der Waals surface area (Å²) in [4.78, 5) is 0. The highest BCUT2D eigenvalue weighted by Crippen LogP contribution is 2.18. The van der Waals surface area contributed by atoms with Crippen molar-refractivity contribution in [2.24, 2.45) is 0 Å². The first-order chi connectivity index (χ1) is 6.75. The van der Waals surface area contributed by atoms with E-state index in [9.17, 15) is 8.78 Å². The summed E-state index contributed by atoms with van der Waals surface area (Å²) in [5.41, 5.74) is 0. The van der Waals surface area contributed by atoms with E-state index in [4.69, 9.17) is 4.74 Å². The van der Waals surface area contributed by atoms with Gasteiger partial charge in [-0.2, -0.15) is 0 Å². The van der Waals surface area contributed by atoms with Crippen molar-refractivity contribution in [2.45, 2.75) is 12.5 Å². The van der Waals surface area contributed by atoms with Crippen LogP contribution in [0.5, 0.6) is 5.75 Å². The zero-order valence-corrected chi connectivity index (χ0v) is 8.82. The van der Waals surface area contributed by atoms with Crippen molar-refractivity contribution < 1.29 is 13.5 Å². The Hall–Kier alpha value is -0.870. The molecule has 0 aliphatic carbocycles. The van der Waals surface area contributed by atoms with Crippen molar-refractivity contribution in [1.29, 1.82) is 0 Å². The Bertz CT molecular complexity index is 329. The van der Waals surface area contributed by atoms with Crippen molar-refractivity contribution in [1.82, 2.24) is 5.32 Å². The fraction of sp³-hybridized carbons (Fsp3) is 0.400. The molecule has 1 atom stereocenters. The van der Waals surface area contributed by atoms with Crippen molar-refractivity contribution in [2.75, 3.05) is 13.1 Å². The van der Waals surface area contributed by atoms with Gasteiger partial charge in [-0.25, -0.2) is 8.78 Å². The molecule has 2 nitrogen and oxygen atoms in total. The van der Waals surface area contributed by atoms with Crippen LogP contribution in [0.2, 0.25) is 0 Å². The molecule has 0 radical (unpaired) electrons. The van der Waals surface area contributed by atoms with Gasteiger partial charge in [0.25, 0.3) is 0 Å². The van der Waals surface area contributed by atoms with Gasteiger partial charge < -0.3 is 10.1 Å². The number of nitrogens with one attached hydrogen (secondary N) is 1. The Morgan fingerprint density at radius 1 is 1.27 bits per heavy atom. The Kier molecular flexibility index (Phi) is 4.29. The standard InChI is InChI=1S/C10H11F2NO.ClH/c11-9-2-1-7(5-10(9)12)14-8-3-4-13-6-8;/h1-2,5,8,13H,3-4,6H2;1H/t8-;/m0./s1. The first-order valence-corrected chi connectivity index (χ1v) is 4.58. The predicted octanol–water partition coefficient (Wildman–Crippen LogP) is 2.13. The van der Waals surface area contributed by atoms with Crippen LogP contribution in [0.1, 0.15) is 6.42 Å². The summed E-state index contributed by atoms with van der Waals surface area (Å²) in [6, 6.07) is 3.59. The Balaban J connectivity index is 0.00000112. The van der Waals surface area contributed by atoms with Crippen LogP contribution in [0.15, 0.2) is 18.2 Å². The molecule has 1 aliphatic rings. The van der Waals surface area contributed by atoms with Crippen LogP contribution in [0.4, 0.5) is 8.78 Å². The smallest absolute Gasteiger partial charge is 0.162 e. The maximum atomic E-state index is 12.8. The average molecular weight is 236 g/mol. The fourth-order valence-corrected chi connectivity index (χ4v) is 1.47. The van der Waals surface area contributed by atoms with Gasteiger partial charge in [-0.05, 0) is 25.1 Å². The third kappa shape index (κ3) is 3.04. The summed E-state index contributed by atoms with van der Waals surface area (Å²) in [6.07, 6.45) is 0.971. The van der Waals surface area contributed by atoms with Crippen LogP contribution in [-0.2, 0) is 0 Å². The van der Waals surface area contributed by atoms with Gasteiger partial charge in [0.1, 0.15) is 11.9 Å². The highest BCUT2D eigenvalue weighted by atomic mass is 35.5. The quantitative estimate of drug-likeness (QED) is 0.848. The molecule has 1 aliphatic heterocycles. The largest absolute Gasteiger partial charge is 0.489 e. The molecule has 1 saturated heterocycles. The third-order valence-corrected chi connectivity index (χ3v) is 2.21. The van der Waals surface area contributed by atoms with Gasteiger partial charge in [0.15, 0.2) is 11.6 Å². The van der Waals surface area contributed by atoms with Gasteiger partial charge in [0.05, 0.1) is 0 Å². The lowest BCUT2D eigenvalue weighted by molar-refractivity contribution is 0.221. The van der Waals surface area contributed by atoms with E-state index in [1.165, 1.54) is 6.07 Å². The van der Waals surface area contributed by atoms with E-state index in [1.807, 2.05) is 0 Å². The van der Waals surface area contributed by atoms with Gasteiger partial charge in [-0.15, -0.1) is 12.4 Å². The van der Waals surface area contributed by atoms with Crippen LogP contribution in [0, 0.1) is 11.6 Å². The second-order valence-corrected chi connectivity index (χ2v) is 3.31. The highest BCUT2D eigenvalue weighted by molar-refractivity contribution is 5.85. The minimum atomic E-state index is -0.867. The Labute approximate surface area is 93.0 Å². The zero-order chi connectivity index (χ0) is 9.97. The second kappa shape index (κ2) is 5.28. The molecule has 1 aromatic carbocycles. The van der Waals surface area contributed by atoms with E-state index in [0.717, 1.165) is 31.6 Å². The molecule has 0 saturated carbocycles. The molecule has 0 bridgehead atoms. The molecule has 0 aromatic heterocycles. The number of ether oxygens (including phenoxy) is 1. The van der Waals surface area contributed by atoms with Crippen molar-refractivity contribution in [3.8, 4) is 5.75 Å². The summed E-state index contributed by atoms with van der Waals surface area (Å²) >= 11 is 0. The van der Waals surface area contributed by atoms with Gasteiger partial charge in [0.2, 0.25) is 0 Å². The van der Waals surface area contributed by atoms with Crippen molar-refractivity contribution in [3.63, 3.8) is 0 Å². The molecule has 0 amide bonds. The van der Waals surface area contributed by atoms with E-state index in [2.05, 4.69) is 5.32 Å². The maximum absolute atomic E-state index is 12.8. The lowest BCUT2D eigenvalue weighted by Gasteiger charge is -2.12. The lowest BCUT2D eigenvalue weighted by atomic mass is 10.3.